The van der Waals surface area contributed by atoms with E-state index in [1.807, 2.05) is 0 Å². The van der Waals surface area contributed by atoms with E-state index in [-0.39, 0.29) is 5.82 Å². The molecule has 0 saturated heterocycles. The molecule has 1 aromatic carbocycles. The van der Waals surface area contributed by atoms with Gasteiger partial charge in [0.15, 0.2) is 0 Å². The predicted octanol–water partition coefficient (Wildman–Crippen LogP) is 2.75. The van der Waals surface area contributed by atoms with Gasteiger partial charge in [-0.25, -0.2) is 4.39 Å². The van der Waals surface area contributed by atoms with Crippen molar-refractivity contribution in [3.05, 3.63) is 29.6 Å². The summed E-state index contributed by atoms with van der Waals surface area (Å²) >= 11 is 0. The summed E-state index contributed by atoms with van der Waals surface area (Å²) in [5, 5.41) is 0. The van der Waals surface area contributed by atoms with Crippen molar-refractivity contribution >= 4 is 5.69 Å². The molecular weight excluding hydrogens is 165 g/mol. The van der Waals surface area contributed by atoms with Crippen molar-refractivity contribution in [2.75, 3.05) is 5.73 Å². The minimum atomic E-state index is -0.177. The minimum Gasteiger partial charge on any atom is -0.399 e. The fourth-order valence-corrected chi connectivity index (χ4v) is 1.76. The molecule has 0 unspecified atom stereocenters. The first-order valence-electron chi connectivity index (χ1n) is 4.79. The Balaban J connectivity index is 2.13. The SMILES string of the molecule is Nc1ccc(F)cc1CC1CCC1. The number of rotatable bonds is 2. The monoisotopic (exact) mass is 179 g/mol. The number of halogens is 1. The van der Waals surface area contributed by atoms with Crippen molar-refractivity contribution in [1.29, 1.82) is 0 Å². The number of nitrogens with two attached hydrogens (primary N) is 1. The molecular formula is C11H14FN. The molecule has 0 aliphatic heterocycles. The number of nitrogen functional groups attached to an aromatic ring is 1. The Kier molecular flexibility index (Phi) is 2.21. The first-order valence-corrected chi connectivity index (χ1v) is 4.79. The zero-order chi connectivity index (χ0) is 9.26. The summed E-state index contributed by atoms with van der Waals surface area (Å²) in [6.07, 6.45) is 4.81. The van der Waals surface area contributed by atoms with Crippen molar-refractivity contribution in [3.63, 3.8) is 0 Å². The van der Waals surface area contributed by atoms with Crippen LogP contribution < -0.4 is 5.73 Å². The van der Waals surface area contributed by atoms with E-state index in [0.717, 1.165) is 23.6 Å². The van der Waals surface area contributed by atoms with Crippen molar-refractivity contribution in [2.45, 2.75) is 25.7 Å². The van der Waals surface area contributed by atoms with Crippen LogP contribution in [0.15, 0.2) is 18.2 Å². The Labute approximate surface area is 77.8 Å². The second-order valence-corrected chi connectivity index (χ2v) is 3.84. The third-order valence-corrected chi connectivity index (χ3v) is 2.84. The highest BCUT2D eigenvalue weighted by Crippen LogP contribution is 2.31. The molecule has 0 heterocycles. The van der Waals surface area contributed by atoms with E-state index in [0.29, 0.717) is 0 Å². The van der Waals surface area contributed by atoms with Crippen LogP contribution in [0.25, 0.3) is 0 Å². The molecule has 0 amide bonds. The van der Waals surface area contributed by atoms with Crippen LogP contribution >= 0.6 is 0 Å². The van der Waals surface area contributed by atoms with E-state index in [1.165, 1.54) is 25.3 Å². The Morgan fingerprint density at radius 3 is 2.77 bits per heavy atom. The number of hydrogen-bond acceptors (Lipinski definition) is 1. The largest absolute Gasteiger partial charge is 0.399 e. The molecule has 1 aliphatic carbocycles. The highest BCUT2D eigenvalue weighted by molar-refractivity contribution is 5.46. The molecule has 0 bridgehead atoms. The van der Waals surface area contributed by atoms with Gasteiger partial charge in [-0.1, -0.05) is 19.3 Å². The molecule has 2 heteroatoms. The van der Waals surface area contributed by atoms with E-state index < -0.39 is 0 Å². The van der Waals surface area contributed by atoms with Crippen LogP contribution in [0.2, 0.25) is 0 Å². The molecule has 70 valence electrons. The number of hydrogen-bond donors (Lipinski definition) is 1. The molecule has 2 N–H and O–H groups in total. The molecule has 13 heavy (non-hydrogen) atoms. The molecule has 0 aromatic heterocycles. The average Bonchev–Trinajstić information content (AvgIpc) is 2.03. The van der Waals surface area contributed by atoms with Gasteiger partial charge in [-0.15, -0.1) is 0 Å². The van der Waals surface area contributed by atoms with Gasteiger partial charge in [-0.3, -0.25) is 0 Å². The zero-order valence-electron chi connectivity index (χ0n) is 7.59. The lowest BCUT2D eigenvalue weighted by Crippen LogP contribution is -2.14. The van der Waals surface area contributed by atoms with Crippen LogP contribution in [-0.4, -0.2) is 0 Å². The fourth-order valence-electron chi connectivity index (χ4n) is 1.76. The average molecular weight is 179 g/mol. The summed E-state index contributed by atoms with van der Waals surface area (Å²) in [7, 11) is 0. The third-order valence-electron chi connectivity index (χ3n) is 2.84. The van der Waals surface area contributed by atoms with Crippen LogP contribution in [0.5, 0.6) is 0 Å². The van der Waals surface area contributed by atoms with E-state index in [4.69, 9.17) is 5.73 Å². The topological polar surface area (TPSA) is 26.0 Å². The lowest BCUT2D eigenvalue weighted by molar-refractivity contribution is 0.314. The van der Waals surface area contributed by atoms with Crippen LogP contribution in [0.3, 0.4) is 0 Å². The van der Waals surface area contributed by atoms with Gasteiger partial charge in [-0.2, -0.15) is 0 Å². The second-order valence-electron chi connectivity index (χ2n) is 3.84. The number of anilines is 1. The Bertz CT molecular complexity index is 305. The smallest absolute Gasteiger partial charge is 0.123 e. The second kappa shape index (κ2) is 3.36. The molecule has 1 fully saturated rings. The molecule has 1 aromatic rings. The van der Waals surface area contributed by atoms with E-state index in [2.05, 4.69) is 0 Å². The Morgan fingerprint density at radius 2 is 2.15 bits per heavy atom. The number of benzene rings is 1. The summed E-state index contributed by atoms with van der Waals surface area (Å²) < 4.78 is 12.9. The van der Waals surface area contributed by atoms with Crippen molar-refractivity contribution in [2.24, 2.45) is 5.92 Å². The van der Waals surface area contributed by atoms with Crippen LogP contribution in [0.1, 0.15) is 24.8 Å². The Morgan fingerprint density at radius 1 is 1.38 bits per heavy atom. The summed E-state index contributed by atoms with van der Waals surface area (Å²) in [5.74, 6) is 0.563. The molecule has 1 nitrogen and oxygen atoms in total. The fraction of sp³-hybridized carbons (Fsp3) is 0.455. The molecule has 0 radical (unpaired) electrons. The third kappa shape index (κ3) is 1.82. The van der Waals surface area contributed by atoms with Gasteiger partial charge in [0.1, 0.15) is 5.82 Å². The van der Waals surface area contributed by atoms with Gasteiger partial charge in [0.25, 0.3) is 0 Å². The lowest BCUT2D eigenvalue weighted by atomic mass is 9.81. The maximum absolute atomic E-state index is 12.9. The quantitative estimate of drug-likeness (QED) is 0.694. The highest BCUT2D eigenvalue weighted by Gasteiger charge is 2.18. The van der Waals surface area contributed by atoms with Gasteiger partial charge in [0, 0.05) is 5.69 Å². The molecule has 0 atom stereocenters. The van der Waals surface area contributed by atoms with Crippen LogP contribution in [0, 0.1) is 11.7 Å². The summed E-state index contributed by atoms with van der Waals surface area (Å²) in [6, 6.07) is 4.64. The van der Waals surface area contributed by atoms with E-state index in [9.17, 15) is 4.39 Å². The standard InChI is InChI=1S/C11H14FN/c12-10-4-5-11(13)9(7-10)6-8-2-1-3-8/h4-5,7-8H,1-3,6,13H2. The maximum Gasteiger partial charge on any atom is 0.123 e. The summed E-state index contributed by atoms with van der Waals surface area (Å²) in [4.78, 5) is 0. The van der Waals surface area contributed by atoms with E-state index >= 15 is 0 Å². The van der Waals surface area contributed by atoms with Gasteiger partial charge in [0.2, 0.25) is 0 Å². The first-order chi connectivity index (χ1) is 6.25. The van der Waals surface area contributed by atoms with Crippen molar-refractivity contribution in [3.8, 4) is 0 Å². The van der Waals surface area contributed by atoms with Gasteiger partial charge in [0.05, 0.1) is 0 Å². The zero-order valence-corrected chi connectivity index (χ0v) is 7.59. The van der Waals surface area contributed by atoms with Crippen molar-refractivity contribution in [1.82, 2.24) is 0 Å². The summed E-state index contributed by atoms with van der Waals surface area (Å²) in [6.45, 7) is 0. The lowest BCUT2D eigenvalue weighted by Gasteiger charge is -2.25. The van der Waals surface area contributed by atoms with Gasteiger partial charge in [-0.05, 0) is 36.1 Å². The Hall–Kier alpha value is -1.05. The van der Waals surface area contributed by atoms with Gasteiger partial charge >= 0.3 is 0 Å². The normalized spacial score (nSPS) is 17.0. The molecule has 2 rings (SSSR count). The molecule has 1 aliphatic rings. The predicted molar refractivity (Wildman–Crippen MR) is 51.9 cm³/mol. The van der Waals surface area contributed by atoms with Crippen molar-refractivity contribution < 1.29 is 4.39 Å². The van der Waals surface area contributed by atoms with Crippen LogP contribution in [0.4, 0.5) is 10.1 Å². The van der Waals surface area contributed by atoms with Gasteiger partial charge < -0.3 is 5.73 Å². The molecule has 0 spiro atoms. The molecule has 1 saturated carbocycles. The summed E-state index contributed by atoms with van der Waals surface area (Å²) in [5.41, 5.74) is 7.46. The minimum absolute atomic E-state index is 0.177. The van der Waals surface area contributed by atoms with Crippen LogP contribution in [-0.2, 0) is 6.42 Å². The highest BCUT2D eigenvalue weighted by atomic mass is 19.1. The van der Waals surface area contributed by atoms with E-state index in [1.54, 1.807) is 12.1 Å². The first kappa shape index (κ1) is 8.54. The maximum atomic E-state index is 12.9.